The molecule has 0 unspecified atom stereocenters. The van der Waals surface area contributed by atoms with E-state index in [9.17, 15) is 0 Å². The topological polar surface area (TPSA) is 44.4 Å². The van der Waals surface area contributed by atoms with Crippen LogP contribution in [0.25, 0.3) is 11.0 Å². The van der Waals surface area contributed by atoms with Crippen LogP contribution in [0.5, 0.6) is 5.75 Å². The zero-order valence-electron chi connectivity index (χ0n) is 16.5. The summed E-state index contributed by atoms with van der Waals surface area (Å²) in [6, 6.07) is 16.5. The van der Waals surface area contributed by atoms with Crippen molar-refractivity contribution in [3.05, 3.63) is 54.4 Å². The molecule has 3 aromatic rings. The first kappa shape index (κ1) is 25.4. The van der Waals surface area contributed by atoms with Gasteiger partial charge in [0.15, 0.2) is 0 Å². The third kappa shape index (κ3) is 6.16. The summed E-state index contributed by atoms with van der Waals surface area (Å²) in [5, 5.41) is 0. The Morgan fingerprint density at radius 2 is 1.62 bits per heavy atom. The van der Waals surface area contributed by atoms with Gasteiger partial charge < -0.3 is 14.6 Å². The van der Waals surface area contributed by atoms with Crippen molar-refractivity contribution in [2.45, 2.75) is 12.8 Å². The van der Waals surface area contributed by atoms with E-state index in [-0.39, 0.29) is 37.2 Å². The third-order valence-electron chi connectivity index (χ3n) is 5.12. The van der Waals surface area contributed by atoms with Crippen molar-refractivity contribution in [2.75, 3.05) is 44.7 Å². The number of ether oxygens (including phenoxy) is 1. The molecule has 1 aliphatic heterocycles. The van der Waals surface area contributed by atoms with Crippen molar-refractivity contribution in [3.63, 3.8) is 0 Å². The number of nitrogens with one attached hydrogen (secondary N) is 1. The molecule has 4 rings (SSSR count). The van der Waals surface area contributed by atoms with Gasteiger partial charge in [0.25, 0.3) is 0 Å². The van der Waals surface area contributed by atoms with Crippen LogP contribution < -0.4 is 9.64 Å². The van der Waals surface area contributed by atoms with Crippen molar-refractivity contribution in [1.82, 2.24) is 14.9 Å². The normalized spacial score (nSPS) is 13.9. The van der Waals surface area contributed by atoms with Gasteiger partial charge in [0.2, 0.25) is 0 Å². The smallest absolute Gasteiger partial charge is 0.142 e. The number of aryl methyl sites for hydroxylation is 1. The lowest BCUT2D eigenvalue weighted by Gasteiger charge is -2.36. The molecule has 1 saturated heterocycles. The maximum atomic E-state index is 5.50. The van der Waals surface area contributed by atoms with E-state index < -0.39 is 0 Å². The van der Waals surface area contributed by atoms with E-state index in [0.717, 1.165) is 68.2 Å². The average Bonchev–Trinajstić information content (AvgIpc) is 3.11. The van der Waals surface area contributed by atoms with Crippen LogP contribution in [0.2, 0.25) is 0 Å². The molecule has 0 bridgehead atoms. The highest BCUT2D eigenvalue weighted by Crippen LogP contribution is 2.28. The van der Waals surface area contributed by atoms with Gasteiger partial charge in [-0.15, -0.1) is 37.2 Å². The molecule has 160 valence electrons. The lowest BCUT2D eigenvalue weighted by molar-refractivity contribution is 0.254. The van der Waals surface area contributed by atoms with Crippen LogP contribution in [-0.2, 0) is 6.42 Å². The van der Waals surface area contributed by atoms with Gasteiger partial charge in [0.1, 0.15) is 11.6 Å². The van der Waals surface area contributed by atoms with E-state index >= 15 is 0 Å². The molecule has 0 spiro atoms. The summed E-state index contributed by atoms with van der Waals surface area (Å²) in [4.78, 5) is 13.1. The highest BCUT2D eigenvalue weighted by molar-refractivity contribution is 5.86. The van der Waals surface area contributed by atoms with Gasteiger partial charge >= 0.3 is 0 Å². The predicted octanol–water partition coefficient (Wildman–Crippen LogP) is 4.59. The van der Waals surface area contributed by atoms with E-state index in [1.807, 2.05) is 24.3 Å². The van der Waals surface area contributed by atoms with E-state index in [0.29, 0.717) is 0 Å². The number of piperazine rings is 1. The Kier molecular flexibility index (Phi) is 10.6. The fourth-order valence-corrected chi connectivity index (χ4v) is 3.70. The maximum absolute atomic E-state index is 5.50. The van der Waals surface area contributed by atoms with Crippen LogP contribution in [0, 0.1) is 0 Å². The second-order valence-corrected chi connectivity index (χ2v) is 6.80. The fourth-order valence-electron chi connectivity index (χ4n) is 3.70. The molecule has 5 nitrogen and oxygen atoms in total. The van der Waals surface area contributed by atoms with Crippen molar-refractivity contribution < 1.29 is 4.74 Å². The number of halogens is 3. The number of rotatable bonds is 6. The first-order chi connectivity index (χ1) is 12.8. The van der Waals surface area contributed by atoms with Crippen molar-refractivity contribution in [2.24, 2.45) is 0 Å². The second kappa shape index (κ2) is 12.1. The summed E-state index contributed by atoms with van der Waals surface area (Å²) < 4.78 is 5.50. The summed E-state index contributed by atoms with van der Waals surface area (Å²) >= 11 is 0. The molecular weight excluding hydrogens is 431 g/mol. The molecule has 0 aliphatic carbocycles. The molecule has 29 heavy (non-hydrogen) atoms. The van der Waals surface area contributed by atoms with Crippen LogP contribution in [0.4, 0.5) is 5.69 Å². The molecular formula is C21H29Cl3N4O. The van der Waals surface area contributed by atoms with Gasteiger partial charge in [-0.3, -0.25) is 4.90 Å². The van der Waals surface area contributed by atoms with Crippen molar-refractivity contribution >= 4 is 53.9 Å². The van der Waals surface area contributed by atoms with Gasteiger partial charge in [0, 0.05) is 32.6 Å². The predicted molar refractivity (Wildman–Crippen MR) is 128 cm³/mol. The molecule has 1 aromatic heterocycles. The molecule has 0 radical (unpaired) electrons. The highest BCUT2D eigenvalue weighted by Gasteiger charge is 2.19. The Bertz CT molecular complexity index is 833. The molecule has 2 aromatic carbocycles. The largest absolute Gasteiger partial charge is 0.495 e. The Hall–Kier alpha value is -1.66. The van der Waals surface area contributed by atoms with Gasteiger partial charge in [0.05, 0.1) is 23.8 Å². The second-order valence-electron chi connectivity index (χ2n) is 6.80. The average molecular weight is 460 g/mol. The molecule has 1 fully saturated rings. The molecule has 2 heterocycles. The first-order valence-electron chi connectivity index (χ1n) is 9.37. The molecule has 0 atom stereocenters. The van der Waals surface area contributed by atoms with Gasteiger partial charge in [-0.25, -0.2) is 4.98 Å². The summed E-state index contributed by atoms with van der Waals surface area (Å²) in [5.41, 5.74) is 3.40. The Labute approximate surface area is 191 Å². The van der Waals surface area contributed by atoms with E-state index in [1.165, 1.54) is 5.69 Å². The summed E-state index contributed by atoms with van der Waals surface area (Å²) in [6.45, 7) is 5.41. The number of H-pyrrole nitrogens is 1. The SMILES string of the molecule is COc1ccccc1N1CCN(CCCc2nc3ccccc3[nH]2)CC1.Cl.Cl.Cl. The molecule has 8 heteroatoms. The lowest BCUT2D eigenvalue weighted by atomic mass is 10.2. The van der Waals surface area contributed by atoms with E-state index in [2.05, 4.69) is 44.0 Å². The number of hydrogen-bond acceptors (Lipinski definition) is 4. The van der Waals surface area contributed by atoms with Crippen LogP contribution in [0.3, 0.4) is 0 Å². The highest BCUT2D eigenvalue weighted by atomic mass is 35.5. The summed E-state index contributed by atoms with van der Waals surface area (Å²) in [5.74, 6) is 2.06. The standard InChI is InChI=1S/C21H26N4O.3ClH/c1-26-20-10-5-4-9-19(20)25-15-13-24(14-16-25)12-6-11-21-22-17-7-2-3-8-18(17)23-21;;;/h2-5,7-10H,6,11-16H2,1H3,(H,22,23);3*1H. The molecule has 1 N–H and O–H groups in total. The Morgan fingerprint density at radius 1 is 0.931 bits per heavy atom. The van der Waals surface area contributed by atoms with Crippen molar-refractivity contribution in [3.8, 4) is 5.75 Å². The molecule has 0 amide bonds. The minimum Gasteiger partial charge on any atom is -0.495 e. The number of methoxy groups -OCH3 is 1. The number of para-hydroxylation sites is 4. The number of aromatic nitrogens is 2. The number of anilines is 1. The third-order valence-corrected chi connectivity index (χ3v) is 5.12. The van der Waals surface area contributed by atoms with Crippen molar-refractivity contribution in [1.29, 1.82) is 0 Å². The summed E-state index contributed by atoms with van der Waals surface area (Å²) in [7, 11) is 1.74. The molecule has 0 saturated carbocycles. The minimum atomic E-state index is 0. The quantitative estimate of drug-likeness (QED) is 0.585. The van der Waals surface area contributed by atoms with Gasteiger partial charge in [-0.05, 0) is 37.2 Å². The minimum absolute atomic E-state index is 0. The number of imidazole rings is 1. The fraction of sp³-hybridized carbons (Fsp3) is 0.381. The Morgan fingerprint density at radius 3 is 2.34 bits per heavy atom. The van der Waals surface area contributed by atoms with Crippen LogP contribution in [0.1, 0.15) is 12.2 Å². The number of hydrogen-bond donors (Lipinski definition) is 1. The lowest BCUT2D eigenvalue weighted by Crippen LogP contribution is -2.46. The van der Waals surface area contributed by atoms with Gasteiger partial charge in [-0.2, -0.15) is 0 Å². The zero-order valence-corrected chi connectivity index (χ0v) is 19.0. The molecule has 1 aliphatic rings. The van der Waals surface area contributed by atoms with Crippen LogP contribution >= 0.6 is 37.2 Å². The van der Waals surface area contributed by atoms with Crippen LogP contribution in [0.15, 0.2) is 48.5 Å². The maximum Gasteiger partial charge on any atom is 0.142 e. The number of fused-ring (bicyclic) bond motifs is 1. The zero-order chi connectivity index (χ0) is 17.8. The van der Waals surface area contributed by atoms with Crippen LogP contribution in [-0.4, -0.2) is 54.7 Å². The van der Waals surface area contributed by atoms with E-state index in [1.54, 1.807) is 7.11 Å². The first-order valence-corrected chi connectivity index (χ1v) is 9.37. The number of benzene rings is 2. The number of aromatic amines is 1. The number of nitrogens with zero attached hydrogens (tertiary/aromatic N) is 3. The van der Waals surface area contributed by atoms with Gasteiger partial charge in [-0.1, -0.05) is 24.3 Å². The Balaban J connectivity index is 0.00000140. The monoisotopic (exact) mass is 458 g/mol. The summed E-state index contributed by atoms with van der Waals surface area (Å²) in [6.07, 6.45) is 2.13. The van der Waals surface area contributed by atoms with E-state index in [4.69, 9.17) is 4.74 Å².